The molecule has 4 N–H and O–H groups in total. The Morgan fingerprint density at radius 2 is 2.14 bits per heavy atom. The average Bonchev–Trinajstić information content (AvgIpc) is 3.14. The number of nitrogens with two attached hydrogens (primary N) is 1. The average molecular weight is 378 g/mol. The normalized spacial score (nSPS) is 14.2. The van der Waals surface area contributed by atoms with Crippen LogP contribution in [0.2, 0.25) is 0 Å². The predicted octanol–water partition coefficient (Wildman–Crippen LogP) is 0.705. The molecule has 0 spiro atoms. The first kappa shape index (κ1) is 17.8. The molecule has 1 atom stereocenters. The third-order valence-electron chi connectivity index (χ3n) is 4.50. The van der Waals surface area contributed by atoms with Crippen LogP contribution in [0.25, 0.3) is 22.8 Å². The zero-order valence-corrected chi connectivity index (χ0v) is 14.9. The number of benzene rings is 1. The van der Waals surface area contributed by atoms with Gasteiger partial charge in [-0.25, -0.2) is 9.97 Å². The topological polar surface area (TPSA) is 136 Å². The van der Waals surface area contributed by atoms with Crippen LogP contribution < -0.4 is 11.1 Å². The molecule has 1 amide bonds. The van der Waals surface area contributed by atoms with E-state index >= 15 is 0 Å². The third kappa shape index (κ3) is 3.47. The molecule has 3 aromatic rings. The van der Waals surface area contributed by atoms with Crippen molar-refractivity contribution >= 4 is 11.9 Å². The van der Waals surface area contributed by atoms with Gasteiger partial charge in [0, 0.05) is 18.3 Å². The van der Waals surface area contributed by atoms with Gasteiger partial charge in [0.2, 0.25) is 0 Å². The molecule has 0 bridgehead atoms. The van der Waals surface area contributed by atoms with Gasteiger partial charge in [-0.05, 0) is 30.2 Å². The van der Waals surface area contributed by atoms with Crippen molar-refractivity contribution in [3.05, 3.63) is 53.9 Å². The lowest BCUT2D eigenvalue weighted by atomic mass is 10.0. The van der Waals surface area contributed by atoms with Gasteiger partial charge in [0.1, 0.15) is 17.4 Å². The second kappa shape index (κ2) is 7.20. The van der Waals surface area contributed by atoms with Crippen molar-refractivity contribution in [1.82, 2.24) is 25.1 Å². The minimum atomic E-state index is -1.04. The Morgan fingerprint density at radius 1 is 1.29 bits per heavy atom. The number of aromatic nitrogens is 4. The Labute approximate surface area is 160 Å². The highest BCUT2D eigenvalue weighted by Crippen LogP contribution is 2.22. The summed E-state index contributed by atoms with van der Waals surface area (Å²) in [6, 6.07) is 9.79. The summed E-state index contributed by atoms with van der Waals surface area (Å²) < 4.78 is 1.67. The molecular formula is C19H18N6O3. The number of carbonyl (C=O) groups excluding carboxylic acids is 1. The highest BCUT2D eigenvalue weighted by molar-refractivity contribution is 5.94. The van der Waals surface area contributed by atoms with Gasteiger partial charge < -0.3 is 16.2 Å². The van der Waals surface area contributed by atoms with Crippen molar-refractivity contribution in [2.24, 2.45) is 5.73 Å². The number of hydrogen-bond donors (Lipinski definition) is 3. The Balaban J connectivity index is 1.65. The number of carboxylic acid groups (broad SMARTS) is 1. The second-order valence-electron chi connectivity index (χ2n) is 6.51. The van der Waals surface area contributed by atoms with Crippen molar-refractivity contribution in [1.29, 1.82) is 0 Å². The lowest BCUT2D eigenvalue weighted by Crippen LogP contribution is -2.35. The summed E-state index contributed by atoms with van der Waals surface area (Å²) in [5.74, 6) is -0.711. The maximum absolute atomic E-state index is 11.9. The molecule has 0 unspecified atom stereocenters. The summed E-state index contributed by atoms with van der Waals surface area (Å²) in [5, 5.41) is 16.2. The molecule has 0 radical (unpaired) electrons. The molecular weight excluding hydrogens is 360 g/mol. The molecule has 0 aliphatic carbocycles. The summed E-state index contributed by atoms with van der Waals surface area (Å²) in [5.41, 5.74) is 8.87. The van der Waals surface area contributed by atoms with E-state index in [0.717, 1.165) is 11.1 Å². The van der Waals surface area contributed by atoms with Crippen molar-refractivity contribution < 1.29 is 14.7 Å². The minimum absolute atomic E-state index is 0.151. The number of carbonyl (C=O) groups is 2. The monoisotopic (exact) mass is 378 g/mol. The summed E-state index contributed by atoms with van der Waals surface area (Å²) in [6.07, 6.45) is 1.84. The van der Waals surface area contributed by atoms with Crippen LogP contribution in [0.5, 0.6) is 0 Å². The number of fused-ring (bicyclic) bond motifs is 1. The van der Waals surface area contributed by atoms with Gasteiger partial charge >= 0.3 is 5.97 Å². The number of hydrogen-bond acceptors (Lipinski definition) is 6. The molecule has 2 aromatic heterocycles. The Kier molecular flexibility index (Phi) is 4.58. The first-order chi connectivity index (χ1) is 13.5. The van der Waals surface area contributed by atoms with Gasteiger partial charge in [-0.3, -0.25) is 14.3 Å². The quantitative estimate of drug-likeness (QED) is 0.594. The van der Waals surface area contributed by atoms with Crippen LogP contribution in [0.1, 0.15) is 16.1 Å². The number of amides is 1. The van der Waals surface area contributed by atoms with E-state index in [0.29, 0.717) is 36.0 Å². The van der Waals surface area contributed by atoms with Crippen molar-refractivity contribution in [2.75, 3.05) is 6.54 Å². The second-order valence-corrected chi connectivity index (χ2v) is 6.51. The fourth-order valence-corrected chi connectivity index (χ4v) is 3.08. The Bertz CT molecular complexity index is 1060. The van der Waals surface area contributed by atoms with Crippen LogP contribution in [0.3, 0.4) is 0 Å². The maximum atomic E-state index is 11.9. The summed E-state index contributed by atoms with van der Waals surface area (Å²) >= 11 is 0. The van der Waals surface area contributed by atoms with Crippen LogP contribution in [-0.4, -0.2) is 49.3 Å². The molecule has 142 valence electrons. The summed E-state index contributed by atoms with van der Waals surface area (Å²) in [7, 11) is 0. The molecule has 4 rings (SSSR count). The van der Waals surface area contributed by atoms with Gasteiger partial charge in [-0.1, -0.05) is 18.2 Å². The largest absolute Gasteiger partial charge is 0.480 e. The Morgan fingerprint density at radius 3 is 2.93 bits per heavy atom. The van der Waals surface area contributed by atoms with E-state index in [1.807, 2.05) is 24.3 Å². The zero-order chi connectivity index (χ0) is 19.7. The summed E-state index contributed by atoms with van der Waals surface area (Å²) in [6.45, 7) is 1.16. The molecule has 3 heterocycles. The number of nitrogens with one attached hydrogen (secondary N) is 1. The molecule has 1 aliphatic rings. The SMILES string of the molecule is N[C@@H](Cc1cccc(-c2nccc(-c3cc4n(n3)CCNC4=O)n2)c1)C(=O)O. The molecule has 0 saturated carbocycles. The number of nitrogens with zero attached hydrogens (tertiary/aromatic N) is 4. The van der Waals surface area contributed by atoms with Crippen molar-refractivity contribution in [3.63, 3.8) is 0 Å². The van der Waals surface area contributed by atoms with Gasteiger partial charge in [0.15, 0.2) is 5.82 Å². The molecule has 9 nitrogen and oxygen atoms in total. The van der Waals surface area contributed by atoms with Crippen molar-refractivity contribution in [2.45, 2.75) is 19.0 Å². The molecule has 0 saturated heterocycles. The molecule has 1 aliphatic heterocycles. The molecule has 9 heteroatoms. The van der Waals surface area contributed by atoms with Crippen LogP contribution in [0, 0.1) is 0 Å². The van der Waals surface area contributed by atoms with E-state index < -0.39 is 12.0 Å². The first-order valence-corrected chi connectivity index (χ1v) is 8.78. The van der Waals surface area contributed by atoms with E-state index in [9.17, 15) is 9.59 Å². The van der Waals surface area contributed by atoms with E-state index in [1.54, 1.807) is 23.0 Å². The summed E-state index contributed by atoms with van der Waals surface area (Å²) in [4.78, 5) is 31.8. The fourth-order valence-electron chi connectivity index (χ4n) is 3.08. The van der Waals surface area contributed by atoms with Gasteiger partial charge in [0.25, 0.3) is 5.91 Å². The van der Waals surface area contributed by atoms with Gasteiger partial charge in [-0.15, -0.1) is 0 Å². The van der Waals surface area contributed by atoms with E-state index in [2.05, 4.69) is 20.4 Å². The highest BCUT2D eigenvalue weighted by Gasteiger charge is 2.20. The lowest BCUT2D eigenvalue weighted by Gasteiger charge is -2.13. The number of aliphatic carboxylic acids is 1. The van der Waals surface area contributed by atoms with E-state index in [4.69, 9.17) is 10.8 Å². The smallest absolute Gasteiger partial charge is 0.320 e. The van der Waals surface area contributed by atoms with Crippen LogP contribution in [0.4, 0.5) is 0 Å². The standard InChI is InChI=1S/C19H18N6O3/c20-13(19(27)28)9-11-2-1-3-12(8-11)17-21-5-4-14(23-17)15-10-16-18(26)22-6-7-25(16)24-15/h1-5,8,10,13H,6-7,9,20H2,(H,22,26)(H,27,28)/t13-/m0/s1. The maximum Gasteiger partial charge on any atom is 0.320 e. The van der Waals surface area contributed by atoms with Crippen molar-refractivity contribution in [3.8, 4) is 22.8 Å². The lowest BCUT2D eigenvalue weighted by molar-refractivity contribution is -0.138. The first-order valence-electron chi connectivity index (χ1n) is 8.78. The highest BCUT2D eigenvalue weighted by atomic mass is 16.4. The predicted molar refractivity (Wildman–Crippen MR) is 100 cm³/mol. The minimum Gasteiger partial charge on any atom is -0.480 e. The van der Waals surface area contributed by atoms with Crippen LogP contribution in [0.15, 0.2) is 42.6 Å². The fraction of sp³-hybridized carbons (Fsp3) is 0.211. The number of rotatable bonds is 5. The van der Waals surface area contributed by atoms with E-state index in [1.165, 1.54) is 0 Å². The van der Waals surface area contributed by atoms with Crippen LogP contribution >= 0.6 is 0 Å². The molecule has 0 fully saturated rings. The molecule has 1 aromatic carbocycles. The molecule has 28 heavy (non-hydrogen) atoms. The van der Waals surface area contributed by atoms with Gasteiger partial charge in [0.05, 0.1) is 12.2 Å². The van der Waals surface area contributed by atoms with E-state index in [-0.39, 0.29) is 12.3 Å². The Hall–Kier alpha value is -3.59. The van der Waals surface area contributed by atoms with Crippen LogP contribution in [-0.2, 0) is 17.8 Å². The number of carboxylic acids is 1. The van der Waals surface area contributed by atoms with Gasteiger partial charge in [-0.2, -0.15) is 5.10 Å². The third-order valence-corrected chi connectivity index (χ3v) is 4.50. The zero-order valence-electron chi connectivity index (χ0n) is 14.9.